The minimum Gasteiger partial charge on any atom is -0.492 e. The summed E-state index contributed by atoms with van der Waals surface area (Å²) in [5.74, 6) is 0.880. The van der Waals surface area contributed by atoms with E-state index in [2.05, 4.69) is 10.3 Å². The highest BCUT2D eigenvalue weighted by Gasteiger charge is 2.10. The molecule has 1 heterocycles. The van der Waals surface area contributed by atoms with E-state index in [1.165, 1.54) is 4.57 Å². The predicted octanol–water partition coefficient (Wildman–Crippen LogP) is 0.630. The summed E-state index contributed by atoms with van der Waals surface area (Å²) in [7, 11) is 0. The number of H-pyrrole nitrogens is 1. The lowest BCUT2D eigenvalue weighted by atomic mass is 10.3. The lowest BCUT2D eigenvalue weighted by Gasteiger charge is -2.12. The van der Waals surface area contributed by atoms with Crippen molar-refractivity contribution < 1.29 is 4.74 Å². The average Bonchev–Trinajstić information content (AvgIpc) is 2.47. The zero-order valence-corrected chi connectivity index (χ0v) is 11.8. The summed E-state index contributed by atoms with van der Waals surface area (Å²) < 4.78 is 6.80. The van der Waals surface area contributed by atoms with Gasteiger partial charge < -0.3 is 15.8 Å². The van der Waals surface area contributed by atoms with Crippen molar-refractivity contribution in [3.05, 3.63) is 51.2 Å². The number of anilines is 2. The van der Waals surface area contributed by atoms with Crippen molar-refractivity contribution in [2.24, 2.45) is 0 Å². The second-order valence-electron chi connectivity index (χ2n) is 4.35. The third-order valence-electron chi connectivity index (χ3n) is 2.97. The Bertz CT molecular complexity index is 706. The number of hydrogen-bond acceptors (Lipinski definition) is 5. The van der Waals surface area contributed by atoms with Crippen molar-refractivity contribution in [2.75, 3.05) is 24.2 Å². The van der Waals surface area contributed by atoms with E-state index in [9.17, 15) is 9.59 Å². The Labute approximate surface area is 121 Å². The first-order valence-electron chi connectivity index (χ1n) is 6.67. The molecule has 0 radical (unpaired) electrons. The Hall–Kier alpha value is -2.70. The van der Waals surface area contributed by atoms with Crippen LogP contribution in [-0.2, 0) is 6.54 Å². The number of nitrogen functional groups attached to an aromatic ring is 1. The minimum absolute atomic E-state index is 0.131. The lowest BCUT2D eigenvalue weighted by molar-refractivity contribution is 0.333. The Kier molecular flexibility index (Phi) is 4.65. The molecule has 0 atom stereocenters. The number of nitrogens with two attached hydrogens (primary N) is 1. The van der Waals surface area contributed by atoms with Crippen LogP contribution < -0.4 is 27.0 Å². The molecule has 7 nitrogen and oxygen atoms in total. The largest absolute Gasteiger partial charge is 0.492 e. The van der Waals surface area contributed by atoms with E-state index in [0.717, 1.165) is 5.75 Å². The molecule has 0 unspecified atom stereocenters. The monoisotopic (exact) mass is 290 g/mol. The predicted molar refractivity (Wildman–Crippen MR) is 81.8 cm³/mol. The Balaban J connectivity index is 2.01. The van der Waals surface area contributed by atoms with Crippen LogP contribution in [0.2, 0.25) is 0 Å². The molecule has 0 amide bonds. The number of aromatic nitrogens is 2. The van der Waals surface area contributed by atoms with Gasteiger partial charge in [-0.1, -0.05) is 18.2 Å². The second kappa shape index (κ2) is 6.65. The first-order chi connectivity index (χ1) is 10.1. The van der Waals surface area contributed by atoms with Crippen LogP contribution in [0.25, 0.3) is 0 Å². The molecular formula is C14H18N4O3. The summed E-state index contributed by atoms with van der Waals surface area (Å²) in [6.07, 6.45) is 0. The maximum Gasteiger partial charge on any atom is 0.330 e. The molecule has 0 aliphatic heterocycles. The van der Waals surface area contributed by atoms with Crippen molar-refractivity contribution in [1.29, 1.82) is 0 Å². The summed E-state index contributed by atoms with van der Waals surface area (Å²) in [6.45, 7) is 2.92. The highest BCUT2D eigenvalue weighted by Crippen LogP contribution is 2.10. The molecule has 0 spiro atoms. The van der Waals surface area contributed by atoms with E-state index in [1.807, 2.05) is 30.3 Å². The Morgan fingerprint density at radius 3 is 2.67 bits per heavy atom. The van der Waals surface area contributed by atoms with Gasteiger partial charge >= 0.3 is 5.69 Å². The standard InChI is InChI=1S/C14H18N4O3/c1-2-18-12(15)11(13(19)17-14(18)20)16-8-9-21-10-6-4-3-5-7-10/h3-7,16H,2,8-9,15H2,1H3,(H,17,19,20). The molecule has 2 rings (SSSR count). The number of benzene rings is 1. The fraction of sp³-hybridized carbons (Fsp3) is 0.286. The van der Waals surface area contributed by atoms with Gasteiger partial charge in [0, 0.05) is 13.1 Å². The van der Waals surface area contributed by atoms with Gasteiger partial charge in [0.25, 0.3) is 5.56 Å². The number of rotatable bonds is 6. The number of nitrogens with one attached hydrogen (secondary N) is 2. The first-order valence-corrected chi connectivity index (χ1v) is 6.67. The molecule has 2 aromatic rings. The molecular weight excluding hydrogens is 272 g/mol. The number of aromatic amines is 1. The van der Waals surface area contributed by atoms with Crippen LogP contribution >= 0.6 is 0 Å². The normalized spacial score (nSPS) is 10.3. The van der Waals surface area contributed by atoms with Crippen molar-refractivity contribution in [3.8, 4) is 5.75 Å². The molecule has 21 heavy (non-hydrogen) atoms. The summed E-state index contributed by atoms with van der Waals surface area (Å²) in [4.78, 5) is 25.5. The number of ether oxygens (including phenoxy) is 1. The highest BCUT2D eigenvalue weighted by atomic mass is 16.5. The van der Waals surface area contributed by atoms with Crippen molar-refractivity contribution >= 4 is 11.5 Å². The quantitative estimate of drug-likeness (QED) is 0.677. The first kappa shape index (κ1) is 14.7. The third-order valence-corrected chi connectivity index (χ3v) is 2.97. The SMILES string of the molecule is CCn1c(N)c(NCCOc2ccccc2)c(=O)[nH]c1=O. The van der Waals surface area contributed by atoms with E-state index in [4.69, 9.17) is 10.5 Å². The van der Waals surface area contributed by atoms with Crippen LogP contribution in [0.4, 0.5) is 11.5 Å². The van der Waals surface area contributed by atoms with E-state index in [1.54, 1.807) is 6.92 Å². The van der Waals surface area contributed by atoms with Gasteiger partial charge in [0.1, 0.15) is 23.9 Å². The number of para-hydroxylation sites is 1. The van der Waals surface area contributed by atoms with Gasteiger partial charge in [-0.25, -0.2) is 4.79 Å². The molecule has 0 bridgehead atoms. The van der Waals surface area contributed by atoms with Gasteiger partial charge in [0.2, 0.25) is 0 Å². The molecule has 112 valence electrons. The summed E-state index contributed by atoms with van der Waals surface area (Å²) in [5.41, 5.74) is 4.98. The van der Waals surface area contributed by atoms with Gasteiger partial charge in [-0.3, -0.25) is 14.3 Å². The smallest absolute Gasteiger partial charge is 0.330 e. The van der Waals surface area contributed by atoms with Crippen LogP contribution in [0.1, 0.15) is 6.92 Å². The summed E-state index contributed by atoms with van der Waals surface area (Å²) in [5, 5.41) is 2.90. The zero-order valence-electron chi connectivity index (χ0n) is 11.8. The van der Waals surface area contributed by atoms with Crippen molar-refractivity contribution in [2.45, 2.75) is 13.5 Å². The van der Waals surface area contributed by atoms with Gasteiger partial charge in [-0.05, 0) is 19.1 Å². The third kappa shape index (κ3) is 3.44. The maximum absolute atomic E-state index is 11.7. The fourth-order valence-electron chi connectivity index (χ4n) is 1.93. The topological polar surface area (TPSA) is 102 Å². The van der Waals surface area contributed by atoms with E-state index in [0.29, 0.717) is 19.7 Å². The lowest BCUT2D eigenvalue weighted by Crippen LogP contribution is -2.34. The minimum atomic E-state index is -0.526. The fourth-order valence-corrected chi connectivity index (χ4v) is 1.93. The molecule has 0 aliphatic carbocycles. The number of nitrogens with zero attached hydrogens (tertiary/aromatic N) is 1. The van der Waals surface area contributed by atoms with E-state index < -0.39 is 11.2 Å². The molecule has 1 aromatic heterocycles. The molecule has 0 saturated heterocycles. The molecule has 7 heteroatoms. The molecule has 1 aromatic carbocycles. The van der Waals surface area contributed by atoms with E-state index >= 15 is 0 Å². The van der Waals surface area contributed by atoms with Crippen LogP contribution in [0.15, 0.2) is 39.9 Å². The van der Waals surface area contributed by atoms with E-state index in [-0.39, 0.29) is 11.5 Å². The molecule has 4 N–H and O–H groups in total. The second-order valence-corrected chi connectivity index (χ2v) is 4.35. The van der Waals surface area contributed by atoms with Gasteiger partial charge in [-0.2, -0.15) is 0 Å². The molecule has 0 saturated carbocycles. The van der Waals surface area contributed by atoms with Crippen LogP contribution in [0.5, 0.6) is 5.75 Å². The molecule has 0 fully saturated rings. The summed E-state index contributed by atoms with van der Waals surface area (Å²) >= 11 is 0. The van der Waals surface area contributed by atoms with Crippen molar-refractivity contribution in [1.82, 2.24) is 9.55 Å². The van der Waals surface area contributed by atoms with Crippen molar-refractivity contribution in [3.63, 3.8) is 0 Å². The molecule has 0 aliphatic rings. The van der Waals surface area contributed by atoms with Crippen LogP contribution in [0.3, 0.4) is 0 Å². The summed E-state index contributed by atoms with van der Waals surface area (Å²) in [6, 6.07) is 9.35. The number of hydrogen-bond donors (Lipinski definition) is 3. The van der Waals surface area contributed by atoms with Gasteiger partial charge in [-0.15, -0.1) is 0 Å². The van der Waals surface area contributed by atoms with Gasteiger partial charge in [0.15, 0.2) is 0 Å². The van der Waals surface area contributed by atoms with Crippen LogP contribution in [-0.4, -0.2) is 22.7 Å². The zero-order chi connectivity index (χ0) is 15.2. The maximum atomic E-state index is 11.7. The highest BCUT2D eigenvalue weighted by molar-refractivity contribution is 5.60. The van der Waals surface area contributed by atoms with Crippen LogP contribution in [0, 0.1) is 0 Å². The Morgan fingerprint density at radius 1 is 1.29 bits per heavy atom. The van der Waals surface area contributed by atoms with Gasteiger partial charge in [0.05, 0.1) is 0 Å². The Morgan fingerprint density at radius 2 is 2.00 bits per heavy atom. The average molecular weight is 290 g/mol.